The zero-order chi connectivity index (χ0) is 8.10. The van der Waals surface area contributed by atoms with Gasteiger partial charge in [-0.3, -0.25) is 5.41 Å². The Morgan fingerprint density at radius 2 is 2.64 bits per heavy atom. The van der Waals surface area contributed by atoms with Crippen LogP contribution in [0.25, 0.3) is 0 Å². The molecule has 1 heterocycles. The lowest BCUT2D eigenvalue weighted by molar-refractivity contribution is 1.19. The summed E-state index contributed by atoms with van der Waals surface area (Å²) < 4.78 is 0. The number of hydrogen-bond acceptors (Lipinski definition) is 3. The van der Waals surface area contributed by atoms with Crippen LogP contribution in [0.1, 0.15) is 12.6 Å². The summed E-state index contributed by atoms with van der Waals surface area (Å²) in [5, 5.41) is 8.17. The first-order chi connectivity index (χ1) is 5.33. The predicted molar refractivity (Wildman–Crippen MR) is 48.2 cm³/mol. The number of thioether (sulfide) groups is 1. The van der Waals surface area contributed by atoms with Crippen molar-refractivity contribution in [2.24, 2.45) is 0 Å². The lowest BCUT2D eigenvalue weighted by Gasteiger charge is -1.97. The molecule has 0 saturated carbocycles. The summed E-state index contributed by atoms with van der Waals surface area (Å²) >= 11 is 1.57. The van der Waals surface area contributed by atoms with Crippen LogP contribution in [-0.4, -0.2) is 20.8 Å². The van der Waals surface area contributed by atoms with E-state index in [1.165, 1.54) is 0 Å². The Hall–Kier alpha value is -0.770. The van der Waals surface area contributed by atoms with Crippen LogP contribution in [0.15, 0.2) is 12.5 Å². The van der Waals surface area contributed by atoms with E-state index in [0.717, 1.165) is 11.4 Å². The third-order valence-corrected chi connectivity index (χ3v) is 2.01. The molecule has 0 saturated heterocycles. The van der Waals surface area contributed by atoms with Crippen molar-refractivity contribution in [2.75, 3.05) is 5.75 Å². The zero-order valence-corrected chi connectivity index (χ0v) is 7.24. The zero-order valence-electron chi connectivity index (χ0n) is 6.42. The molecular formula is C7H11N3S. The van der Waals surface area contributed by atoms with Crippen molar-refractivity contribution >= 4 is 16.8 Å². The number of aromatic amines is 1. The van der Waals surface area contributed by atoms with Crippen LogP contribution in [0.4, 0.5) is 0 Å². The van der Waals surface area contributed by atoms with Crippen LogP contribution in [0.5, 0.6) is 0 Å². The molecule has 1 aromatic rings. The summed E-state index contributed by atoms with van der Waals surface area (Å²) in [6.07, 6.45) is 4.07. The number of nitrogens with zero attached hydrogens (tertiary/aromatic N) is 1. The Bertz CT molecular complexity index is 218. The van der Waals surface area contributed by atoms with Crippen LogP contribution < -0.4 is 0 Å². The minimum Gasteiger partial charge on any atom is -0.348 e. The van der Waals surface area contributed by atoms with E-state index >= 15 is 0 Å². The Morgan fingerprint density at radius 3 is 3.18 bits per heavy atom. The molecule has 2 N–H and O–H groups in total. The van der Waals surface area contributed by atoms with E-state index in [-0.39, 0.29) is 0 Å². The second-order valence-corrected chi connectivity index (χ2v) is 3.47. The molecule has 0 aliphatic carbocycles. The Labute approximate surface area is 70.1 Å². The van der Waals surface area contributed by atoms with Gasteiger partial charge < -0.3 is 4.98 Å². The SMILES string of the molecule is CCSC(=N)Cc1cnc[nH]1. The van der Waals surface area contributed by atoms with Gasteiger partial charge in [-0.2, -0.15) is 0 Å². The fourth-order valence-electron chi connectivity index (χ4n) is 0.780. The summed E-state index contributed by atoms with van der Waals surface area (Å²) in [7, 11) is 0. The van der Waals surface area contributed by atoms with Gasteiger partial charge in [0.1, 0.15) is 0 Å². The summed E-state index contributed by atoms with van der Waals surface area (Å²) in [5.41, 5.74) is 1.01. The highest BCUT2D eigenvalue weighted by atomic mass is 32.2. The molecule has 0 bridgehead atoms. The maximum Gasteiger partial charge on any atom is 0.0921 e. The van der Waals surface area contributed by atoms with Gasteiger partial charge in [0.05, 0.1) is 11.4 Å². The van der Waals surface area contributed by atoms with Crippen LogP contribution >= 0.6 is 11.8 Å². The van der Waals surface area contributed by atoms with E-state index < -0.39 is 0 Å². The normalized spacial score (nSPS) is 9.91. The van der Waals surface area contributed by atoms with Gasteiger partial charge in [0.25, 0.3) is 0 Å². The largest absolute Gasteiger partial charge is 0.348 e. The van der Waals surface area contributed by atoms with Gasteiger partial charge in [0.15, 0.2) is 0 Å². The number of H-pyrrole nitrogens is 1. The quantitative estimate of drug-likeness (QED) is 0.534. The molecule has 0 amide bonds. The lowest BCUT2D eigenvalue weighted by atomic mass is 10.4. The molecule has 0 aliphatic rings. The molecule has 1 aromatic heterocycles. The fourth-order valence-corrected chi connectivity index (χ4v) is 1.39. The molecule has 0 radical (unpaired) electrons. The topological polar surface area (TPSA) is 52.5 Å². The number of nitrogens with one attached hydrogen (secondary N) is 2. The van der Waals surface area contributed by atoms with Crippen molar-refractivity contribution in [3.05, 3.63) is 18.2 Å². The molecule has 0 aliphatic heterocycles. The minimum atomic E-state index is 0.679. The second kappa shape index (κ2) is 4.18. The van der Waals surface area contributed by atoms with E-state index in [9.17, 15) is 0 Å². The molecule has 0 atom stereocenters. The highest BCUT2D eigenvalue weighted by Gasteiger charge is 1.98. The first kappa shape index (κ1) is 8.33. The van der Waals surface area contributed by atoms with E-state index in [1.807, 2.05) is 6.92 Å². The van der Waals surface area contributed by atoms with Crippen molar-refractivity contribution in [1.82, 2.24) is 9.97 Å². The Balaban J connectivity index is 2.37. The molecule has 11 heavy (non-hydrogen) atoms. The predicted octanol–water partition coefficient (Wildman–Crippen LogP) is 1.68. The third-order valence-electron chi connectivity index (χ3n) is 1.22. The number of aromatic nitrogens is 2. The van der Waals surface area contributed by atoms with E-state index in [0.29, 0.717) is 11.5 Å². The fraction of sp³-hybridized carbons (Fsp3) is 0.429. The molecule has 0 fully saturated rings. The van der Waals surface area contributed by atoms with Crippen molar-refractivity contribution in [3.63, 3.8) is 0 Å². The van der Waals surface area contributed by atoms with Crippen molar-refractivity contribution < 1.29 is 0 Å². The van der Waals surface area contributed by atoms with Gasteiger partial charge in [-0.1, -0.05) is 6.92 Å². The van der Waals surface area contributed by atoms with Gasteiger partial charge in [0.2, 0.25) is 0 Å². The standard InChI is InChI=1S/C7H11N3S/c1-2-11-7(8)3-6-4-9-5-10-6/h4-5,8H,2-3H2,1H3,(H,9,10). The Morgan fingerprint density at radius 1 is 1.82 bits per heavy atom. The smallest absolute Gasteiger partial charge is 0.0921 e. The third kappa shape index (κ3) is 2.76. The van der Waals surface area contributed by atoms with Crippen molar-refractivity contribution in [1.29, 1.82) is 5.41 Å². The summed E-state index contributed by atoms with van der Waals surface area (Å²) in [6.45, 7) is 2.05. The summed E-state index contributed by atoms with van der Waals surface area (Å²) in [5.74, 6) is 0.965. The highest BCUT2D eigenvalue weighted by Crippen LogP contribution is 2.05. The van der Waals surface area contributed by atoms with E-state index in [2.05, 4.69) is 9.97 Å². The van der Waals surface area contributed by atoms with Gasteiger partial charge in [0, 0.05) is 18.3 Å². The Kier molecular flexibility index (Phi) is 3.16. The number of hydrogen-bond donors (Lipinski definition) is 2. The first-order valence-corrected chi connectivity index (χ1v) is 4.49. The van der Waals surface area contributed by atoms with Gasteiger partial charge >= 0.3 is 0 Å². The maximum absolute atomic E-state index is 7.48. The monoisotopic (exact) mass is 169 g/mol. The van der Waals surface area contributed by atoms with Crippen molar-refractivity contribution in [2.45, 2.75) is 13.3 Å². The van der Waals surface area contributed by atoms with Crippen molar-refractivity contribution in [3.8, 4) is 0 Å². The molecule has 3 nitrogen and oxygen atoms in total. The van der Waals surface area contributed by atoms with Crippen LogP contribution in [0, 0.1) is 5.41 Å². The molecule has 1 rings (SSSR count). The maximum atomic E-state index is 7.48. The average Bonchev–Trinajstić information content (AvgIpc) is 2.40. The molecular weight excluding hydrogens is 158 g/mol. The first-order valence-electron chi connectivity index (χ1n) is 3.50. The molecule has 0 spiro atoms. The summed E-state index contributed by atoms with van der Waals surface area (Å²) in [4.78, 5) is 6.84. The average molecular weight is 169 g/mol. The second-order valence-electron chi connectivity index (χ2n) is 2.11. The van der Waals surface area contributed by atoms with Gasteiger partial charge in [-0.05, 0) is 5.75 Å². The molecule has 0 aromatic carbocycles. The van der Waals surface area contributed by atoms with Crippen LogP contribution in [-0.2, 0) is 6.42 Å². The molecule has 60 valence electrons. The van der Waals surface area contributed by atoms with Gasteiger partial charge in [-0.15, -0.1) is 11.8 Å². The number of rotatable bonds is 3. The van der Waals surface area contributed by atoms with E-state index in [4.69, 9.17) is 5.41 Å². The summed E-state index contributed by atoms with van der Waals surface area (Å²) in [6, 6.07) is 0. The minimum absolute atomic E-state index is 0.679. The lowest BCUT2D eigenvalue weighted by Crippen LogP contribution is -1.96. The van der Waals surface area contributed by atoms with Crippen LogP contribution in [0.2, 0.25) is 0 Å². The molecule has 0 unspecified atom stereocenters. The highest BCUT2D eigenvalue weighted by molar-refractivity contribution is 8.13. The van der Waals surface area contributed by atoms with Gasteiger partial charge in [-0.25, -0.2) is 4.98 Å². The van der Waals surface area contributed by atoms with Crippen LogP contribution in [0.3, 0.4) is 0 Å². The number of imidazole rings is 1. The van der Waals surface area contributed by atoms with E-state index in [1.54, 1.807) is 24.3 Å². The molecule has 4 heteroatoms.